The number of fused-ring (bicyclic) bond motifs is 3. The molecule has 3 N–H and O–H groups in total. The number of benzene rings is 4. The monoisotopic (exact) mass is 881 g/mol. The number of phenolic OH excluding ortho intramolecular Hbond substituents is 1. The molecule has 2 aliphatic rings. The summed E-state index contributed by atoms with van der Waals surface area (Å²) in [5.41, 5.74) is 1.80. The van der Waals surface area contributed by atoms with Gasteiger partial charge in [-0.3, -0.25) is 4.90 Å². The van der Waals surface area contributed by atoms with E-state index in [1.54, 1.807) is 43.5 Å². The van der Waals surface area contributed by atoms with Gasteiger partial charge in [0.05, 0.1) is 43.2 Å². The van der Waals surface area contributed by atoms with Crippen molar-refractivity contribution in [2.24, 2.45) is 0 Å². The third-order valence-electron chi connectivity index (χ3n) is 8.96. The Bertz CT molecular complexity index is 2320. The lowest BCUT2D eigenvalue weighted by molar-refractivity contribution is 0.0149. The summed E-state index contributed by atoms with van der Waals surface area (Å²) in [7, 11) is 3.04. The standard InChI is InChI=1S/C23H24BrFN4O4.C15H11BrFN3O2/c1-30-19-8-15-18(26-12-27-23(15)28-17-4-3-14(24)7-16(17)25)9-20(19)31-6-2-5-29-10-21-22(11-29)33-13-32-21;1-22-14-5-9-12(6-13(14)21)18-7-19-15(9)20-11-3-2-8(16)4-10(11)17/h3-4,7-9,12,21-22H,2,5-6,10-11,13H2,1H3,(H,26,27,28);2-7,21H,1H3,(H,18,19,20)/t21-,22+;. The molecule has 0 unspecified atom stereocenters. The zero-order valence-corrected chi connectivity index (χ0v) is 32.7. The predicted molar refractivity (Wildman–Crippen MR) is 210 cm³/mol. The number of rotatable bonds is 11. The number of methoxy groups -OCH3 is 2. The van der Waals surface area contributed by atoms with Crippen LogP contribution in [0.4, 0.5) is 31.8 Å². The van der Waals surface area contributed by atoms with Crippen molar-refractivity contribution in [2.75, 3.05) is 57.9 Å². The molecule has 17 heteroatoms. The van der Waals surface area contributed by atoms with Crippen LogP contribution in [0.25, 0.3) is 21.8 Å². The Morgan fingerprint density at radius 3 is 1.84 bits per heavy atom. The SMILES string of the molecule is COc1cc2c(Nc3ccc(Br)cc3F)ncnc2cc1O.COc1cc2c(Nc3ccc(Br)cc3F)ncnc2cc1OCCCN1C[C@@H]2OCO[C@@H]2C1. The van der Waals surface area contributed by atoms with E-state index in [9.17, 15) is 13.9 Å². The number of hydrogen-bond acceptors (Lipinski definition) is 13. The van der Waals surface area contributed by atoms with E-state index in [0.29, 0.717) is 78.7 Å². The van der Waals surface area contributed by atoms with E-state index in [-0.39, 0.29) is 29.5 Å². The van der Waals surface area contributed by atoms with Gasteiger partial charge in [-0.15, -0.1) is 0 Å². The number of aromatic hydroxyl groups is 1. The molecule has 286 valence electrons. The number of hydrogen-bond donors (Lipinski definition) is 3. The number of aromatic nitrogens is 4. The fourth-order valence-corrected chi connectivity index (χ4v) is 6.88. The van der Waals surface area contributed by atoms with Gasteiger partial charge >= 0.3 is 0 Å². The number of phenols is 1. The molecular formula is C38H35Br2F2N7O6. The Kier molecular flexibility index (Phi) is 12.0. The van der Waals surface area contributed by atoms with Crippen LogP contribution in [-0.4, -0.2) is 89.4 Å². The van der Waals surface area contributed by atoms with Crippen molar-refractivity contribution in [1.29, 1.82) is 0 Å². The summed E-state index contributed by atoms with van der Waals surface area (Å²) in [6.07, 6.45) is 4.03. The maximum atomic E-state index is 14.3. The Morgan fingerprint density at radius 2 is 1.29 bits per heavy atom. The number of nitrogens with one attached hydrogen (secondary N) is 2. The van der Waals surface area contributed by atoms with Crippen LogP contribution in [0.15, 0.2) is 82.3 Å². The third-order valence-corrected chi connectivity index (χ3v) is 9.94. The smallest absolute Gasteiger partial charge is 0.163 e. The first-order valence-electron chi connectivity index (χ1n) is 17.1. The highest BCUT2D eigenvalue weighted by atomic mass is 79.9. The van der Waals surface area contributed by atoms with Gasteiger partial charge in [0, 0.05) is 51.5 Å². The van der Waals surface area contributed by atoms with Crippen LogP contribution in [0, 0.1) is 11.6 Å². The van der Waals surface area contributed by atoms with E-state index < -0.39 is 5.82 Å². The van der Waals surface area contributed by atoms with Crippen LogP contribution < -0.4 is 24.8 Å². The molecule has 2 saturated heterocycles. The minimum Gasteiger partial charge on any atom is -0.504 e. The molecule has 2 fully saturated rings. The molecule has 55 heavy (non-hydrogen) atoms. The lowest BCUT2D eigenvalue weighted by atomic mass is 10.2. The van der Waals surface area contributed by atoms with E-state index in [2.05, 4.69) is 67.3 Å². The van der Waals surface area contributed by atoms with Gasteiger partial charge in [0.25, 0.3) is 0 Å². The molecular weight excluding hydrogens is 848 g/mol. The van der Waals surface area contributed by atoms with Crippen LogP contribution in [0.1, 0.15) is 6.42 Å². The molecule has 8 rings (SSSR count). The second-order valence-corrected chi connectivity index (χ2v) is 14.3. The van der Waals surface area contributed by atoms with Gasteiger partial charge in [-0.1, -0.05) is 31.9 Å². The van der Waals surface area contributed by atoms with E-state index in [4.69, 9.17) is 23.7 Å². The Hall–Kier alpha value is -4.94. The maximum absolute atomic E-state index is 14.3. The van der Waals surface area contributed by atoms with Crippen molar-refractivity contribution in [2.45, 2.75) is 18.6 Å². The number of halogens is 4. The van der Waals surface area contributed by atoms with E-state index in [1.807, 2.05) is 6.07 Å². The fraction of sp³-hybridized carbons (Fsp3) is 0.263. The van der Waals surface area contributed by atoms with Crippen LogP contribution >= 0.6 is 31.9 Å². The van der Waals surface area contributed by atoms with Crippen molar-refractivity contribution in [3.8, 4) is 23.0 Å². The van der Waals surface area contributed by atoms with Gasteiger partial charge in [0.15, 0.2) is 23.0 Å². The first kappa shape index (κ1) is 38.3. The third kappa shape index (κ3) is 8.97. The highest BCUT2D eigenvalue weighted by Crippen LogP contribution is 2.36. The minimum absolute atomic E-state index is 0.0190. The van der Waals surface area contributed by atoms with Gasteiger partial charge in [-0.2, -0.15) is 0 Å². The van der Waals surface area contributed by atoms with Crippen molar-refractivity contribution in [3.05, 3.63) is 93.9 Å². The lowest BCUT2D eigenvalue weighted by Crippen LogP contribution is -2.26. The Morgan fingerprint density at radius 1 is 0.745 bits per heavy atom. The van der Waals surface area contributed by atoms with Gasteiger partial charge in [0.1, 0.15) is 54.9 Å². The predicted octanol–water partition coefficient (Wildman–Crippen LogP) is 8.10. The molecule has 0 aliphatic carbocycles. The number of anilines is 4. The molecule has 0 radical (unpaired) electrons. The van der Waals surface area contributed by atoms with Crippen molar-refractivity contribution in [1.82, 2.24) is 24.8 Å². The second kappa shape index (κ2) is 17.2. The fourth-order valence-electron chi connectivity index (χ4n) is 6.21. The Labute approximate surface area is 331 Å². The molecule has 0 spiro atoms. The summed E-state index contributed by atoms with van der Waals surface area (Å²) in [4.78, 5) is 19.2. The molecule has 6 aromatic rings. The average Bonchev–Trinajstić information content (AvgIpc) is 3.78. The van der Waals surface area contributed by atoms with Crippen LogP contribution in [0.2, 0.25) is 0 Å². The summed E-state index contributed by atoms with van der Waals surface area (Å²) >= 11 is 6.48. The number of likely N-dealkylation sites (tertiary alicyclic amines) is 1. The highest BCUT2D eigenvalue weighted by molar-refractivity contribution is 9.10. The summed E-state index contributed by atoms with van der Waals surface area (Å²) in [6.45, 7) is 3.65. The first-order valence-corrected chi connectivity index (χ1v) is 18.6. The summed E-state index contributed by atoms with van der Waals surface area (Å²) in [6, 6.07) is 16.2. The molecule has 2 aromatic heterocycles. The molecule has 0 saturated carbocycles. The highest BCUT2D eigenvalue weighted by Gasteiger charge is 2.38. The molecule has 2 atom stereocenters. The quantitative estimate of drug-likeness (QED) is 0.108. The van der Waals surface area contributed by atoms with Gasteiger partial charge < -0.3 is 39.4 Å². The zero-order valence-electron chi connectivity index (χ0n) is 29.6. The van der Waals surface area contributed by atoms with Crippen LogP contribution in [0.5, 0.6) is 23.0 Å². The van der Waals surface area contributed by atoms with Gasteiger partial charge in [-0.05, 0) is 55.0 Å². The van der Waals surface area contributed by atoms with Crippen LogP contribution in [-0.2, 0) is 9.47 Å². The summed E-state index contributed by atoms with van der Waals surface area (Å²) < 4.78 is 57.3. The van der Waals surface area contributed by atoms with Crippen molar-refractivity contribution in [3.63, 3.8) is 0 Å². The van der Waals surface area contributed by atoms with E-state index in [1.165, 1.54) is 38.0 Å². The van der Waals surface area contributed by atoms with E-state index in [0.717, 1.165) is 26.1 Å². The van der Waals surface area contributed by atoms with Gasteiger partial charge in [-0.25, -0.2) is 28.7 Å². The second-order valence-electron chi connectivity index (χ2n) is 12.5. The first-order chi connectivity index (χ1) is 26.7. The Balaban J connectivity index is 0.000000184. The van der Waals surface area contributed by atoms with Crippen molar-refractivity contribution >= 4 is 76.7 Å². The molecule has 2 aliphatic heterocycles. The topological polar surface area (TPSA) is 145 Å². The maximum Gasteiger partial charge on any atom is 0.163 e. The summed E-state index contributed by atoms with van der Waals surface area (Å²) in [5.74, 6) is 1.55. The minimum atomic E-state index is -0.410. The van der Waals surface area contributed by atoms with Crippen LogP contribution in [0.3, 0.4) is 0 Å². The normalized spacial score (nSPS) is 16.4. The average molecular weight is 884 g/mol. The molecule has 13 nitrogen and oxygen atoms in total. The molecule has 4 heterocycles. The molecule has 0 amide bonds. The number of ether oxygens (including phenoxy) is 5. The largest absolute Gasteiger partial charge is 0.504 e. The number of nitrogens with zero attached hydrogens (tertiary/aromatic N) is 5. The van der Waals surface area contributed by atoms with Crippen molar-refractivity contribution < 1.29 is 37.6 Å². The molecule has 4 aromatic carbocycles. The van der Waals surface area contributed by atoms with E-state index >= 15 is 0 Å². The lowest BCUT2D eigenvalue weighted by Gasteiger charge is -2.17. The van der Waals surface area contributed by atoms with Gasteiger partial charge in [0.2, 0.25) is 0 Å². The summed E-state index contributed by atoms with van der Waals surface area (Å²) in [5, 5.41) is 17.1. The molecule has 0 bridgehead atoms. The zero-order chi connectivity index (χ0) is 38.5.